The Morgan fingerprint density at radius 3 is 2.52 bits per heavy atom. The molecule has 0 unspecified atom stereocenters. The number of benzene rings is 1. The van der Waals surface area contributed by atoms with Gasteiger partial charge in [-0.3, -0.25) is 4.79 Å². The second-order valence-electron chi connectivity index (χ2n) is 9.77. The minimum atomic E-state index is -0.325. The highest BCUT2D eigenvalue weighted by molar-refractivity contribution is 5.99. The average molecular weight is 423 g/mol. The normalized spacial score (nSPS) is 29.4. The second-order valence-corrected chi connectivity index (χ2v) is 9.77. The van der Waals surface area contributed by atoms with Gasteiger partial charge in [0.1, 0.15) is 0 Å². The Balaban J connectivity index is 1.61. The Bertz CT molecular complexity index is 900. The molecule has 2 bridgehead atoms. The molecule has 5 heteroatoms. The van der Waals surface area contributed by atoms with Gasteiger partial charge >= 0.3 is 5.97 Å². The SMILES string of the molecule is CCOC(=O)C1=CNC=C(C(=O)N[C@H](C)c2ccccc2)[C@@H]1[C@H]1CC[C@H]2C[C@@H]1C2(C)C. The molecule has 3 fully saturated rings. The molecule has 3 aliphatic carbocycles. The summed E-state index contributed by atoms with van der Waals surface area (Å²) in [5, 5.41) is 6.20. The number of fused-ring (bicyclic) bond motifs is 2. The van der Waals surface area contributed by atoms with E-state index in [1.54, 1.807) is 12.4 Å². The Morgan fingerprint density at radius 1 is 1.16 bits per heavy atom. The van der Waals surface area contributed by atoms with Crippen LogP contribution in [0.2, 0.25) is 0 Å². The van der Waals surface area contributed by atoms with Crippen LogP contribution in [-0.2, 0) is 14.3 Å². The minimum absolute atomic E-state index is 0.122. The highest BCUT2D eigenvalue weighted by Gasteiger charge is 2.57. The average Bonchev–Trinajstić information content (AvgIpc) is 2.79. The van der Waals surface area contributed by atoms with E-state index >= 15 is 0 Å². The summed E-state index contributed by atoms with van der Waals surface area (Å²) in [4.78, 5) is 26.3. The van der Waals surface area contributed by atoms with Gasteiger partial charge < -0.3 is 15.4 Å². The fourth-order valence-electron chi connectivity index (χ4n) is 6.01. The van der Waals surface area contributed by atoms with Gasteiger partial charge in [0.15, 0.2) is 0 Å². The van der Waals surface area contributed by atoms with E-state index in [4.69, 9.17) is 4.74 Å². The molecule has 4 aliphatic rings. The van der Waals surface area contributed by atoms with E-state index in [1.165, 1.54) is 6.42 Å². The molecular weight excluding hydrogens is 388 g/mol. The smallest absolute Gasteiger partial charge is 0.336 e. The molecule has 31 heavy (non-hydrogen) atoms. The lowest BCUT2D eigenvalue weighted by atomic mass is 9.43. The lowest BCUT2D eigenvalue weighted by Gasteiger charge is -2.61. The van der Waals surface area contributed by atoms with E-state index in [-0.39, 0.29) is 35.2 Å². The minimum Gasteiger partial charge on any atom is -0.463 e. The van der Waals surface area contributed by atoms with Gasteiger partial charge in [0.25, 0.3) is 0 Å². The van der Waals surface area contributed by atoms with Gasteiger partial charge in [-0.05, 0) is 61.8 Å². The first kappa shape index (κ1) is 21.7. The van der Waals surface area contributed by atoms with Crippen molar-refractivity contribution in [3.63, 3.8) is 0 Å². The maximum atomic E-state index is 13.4. The third-order valence-corrected chi connectivity index (χ3v) is 7.91. The van der Waals surface area contributed by atoms with Crippen molar-refractivity contribution < 1.29 is 14.3 Å². The number of ether oxygens (including phenoxy) is 1. The molecule has 1 amide bonds. The topological polar surface area (TPSA) is 67.4 Å². The summed E-state index contributed by atoms with van der Waals surface area (Å²) in [7, 11) is 0. The van der Waals surface area contributed by atoms with Crippen molar-refractivity contribution in [3.05, 3.63) is 59.4 Å². The van der Waals surface area contributed by atoms with Gasteiger partial charge in [-0.25, -0.2) is 4.79 Å². The van der Waals surface area contributed by atoms with Crippen molar-refractivity contribution in [2.75, 3.05) is 6.61 Å². The molecule has 0 aromatic heterocycles. The highest BCUT2D eigenvalue weighted by atomic mass is 16.5. The van der Waals surface area contributed by atoms with Crippen molar-refractivity contribution in [2.45, 2.75) is 53.0 Å². The van der Waals surface area contributed by atoms with Crippen molar-refractivity contribution in [2.24, 2.45) is 29.1 Å². The first-order valence-corrected chi connectivity index (χ1v) is 11.5. The number of dihydropyridines is 1. The lowest BCUT2D eigenvalue weighted by Crippen LogP contribution is -2.55. The van der Waals surface area contributed by atoms with E-state index in [9.17, 15) is 9.59 Å². The Hall–Kier alpha value is -2.56. The van der Waals surface area contributed by atoms with Gasteiger partial charge in [-0.1, -0.05) is 44.2 Å². The molecule has 0 radical (unpaired) electrons. The van der Waals surface area contributed by atoms with E-state index in [2.05, 4.69) is 24.5 Å². The van der Waals surface area contributed by atoms with E-state index in [0.29, 0.717) is 23.7 Å². The number of carbonyl (C=O) groups is 2. The molecule has 5 nitrogen and oxygen atoms in total. The van der Waals surface area contributed by atoms with Crippen LogP contribution in [0.5, 0.6) is 0 Å². The summed E-state index contributed by atoms with van der Waals surface area (Å²) >= 11 is 0. The van der Waals surface area contributed by atoms with Crippen LogP contribution in [0.4, 0.5) is 0 Å². The summed E-state index contributed by atoms with van der Waals surface area (Å²) in [6.07, 6.45) is 6.89. The van der Waals surface area contributed by atoms with Gasteiger partial charge in [-0.2, -0.15) is 0 Å². The third-order valence-electron chi connectivity index (χ3n) is 7.91. The monoisotopic (exact) mass is 422 g/mol. The maximum absolute atomic E-state index is 13.4. The van der Waals surface area contributed by atoms with Crippen molar-refractivity contribution >= 4 is 11.9 Å². The number of carbonyl (C=O) groups excluding carboxylic acids is 2. The van der Waals surface area contributed by atoms with Crippen LogP contribution < -0.4 is 10.6 Å². The summed E-state index contributed by atoms with van der Waals surface area (Å²) in [6, 6.07) is 9.82. The quantitative estimate of drug-likeness (QED) is 0.663. The van der Waals surface area contributed by atoms with Crippen LogP contribution in [0, 0.1) is 29.1 Å². The van der Waals surface area contributed by atoms with Gasteiger partial charge in [-0.15, -0.1) is 0 Å². The summed E-state index contributed by atoms with van der Waals surface area (Å²) in [6.45, 7) is 8.80. The van der Waals surface area contributed by atoms with Crippen LogP contribution in [0.1, 0.15) is 58.6 Å². The summed E-state index contributed by atoms with van der Waals surface area (Å²) in [5.74, 6) is 0.840. The molecule has 0 spiro atoms. The van der Waals surface area contributed by atoms with E-state index in [0.717, 1.165) is 24.3 Å². The molecular formula is C26H34N2O3. The lowest BCUT2D eigenvalue weighted by molar-refractivity contribution is -0.142. The second kappa shape index (κ2) is 8.52. The zero-order chi connectivity index (χ0) is 22.2. The highest BCUT2D eigenvalue weighted by Crippen LogP contribution is 2.64. The zero-order valence-corrected chi connectivity index (χ0v) is 19.0. The molecule has 1 aromatic rings. The molecule has 5 rings (SSSR count). The Kier molecular flexibility index (Phi) is 5.96. The van der Waals surface area contributed by atoms with Crippen LogP contribution >= 0.6 is 0 Å². The third kappa shape index (κ3) is 3.90. The molecule has 1 aromatic carbocycles. The number of rotatable bonds is 6. The Labute approximate surface area is 185 Å². The number of amides is 1. The molecule has 3 saturated carbocycles. The molecule has 0 saturated heterocycles. The molecule has 166 valence electrons. The van der Waals surface area contributed by atoms with Crippen LogP contribution in [0.15, 0.2) is 53.9 Å². The number of nitrogens with one attached hydrogen (secondary N) is 2. The molecule has 2 N–H and O–H groups in total. The predicted molar refractivity (Wildman–Crippen MR) is 121 cm³/mol. The van der Waals surface area contributed by atoms with Crippen LogP contribution in [0.25, 0.3) is 0 Å². The standard InChI is InChI=1S/C26H34N2O3/c1-5-31-25(30)21-15-27-14-20(24(29)28-16(2)17-9-7-6-8-10-17)23(21)19-12-11-18-13-22(19)26(18,3)4/h6-10,14-16,18-19,22-23,27H,5,11-13H2,1-4H3,(H,28,29)/t16-,18+,19+,22+,23+/m1/s1. The summed E-state index contributed by atoms with van der Waals surface area (Å²) < 4.78 is 5.37. The molecule has 1 aliphatic heterocycles. The molecule has 1 heterocycles. The van der Waals surface area contributed by atoms with Gasteiger partial charge in [0, 0.05) is 23.9 Å². The number of hydrogen-bond acceptors (Lipinski definition) is 4. The van der Waals surface area contributed by atoms with Gasteiger partial charge in [0.05, 0.1) is 18.2 Å². The van der Waals surface area contributed by atoms with Crippen LogP contribution in [0.3, 0.4) is 0 Å². The van der Waals surface area contributed by atoms with E-state index in [1.807, 2.05) is 44.2 Å². The van der Waals surface area contributed by atoms with Crippen molar-refractivity contribution in [1.29, 1.82) is 0 Å². The Morgan fingerprint density at radius 2 is 1.87 bits per heavy atom. The first-order chi connectivity index (χ1) is 14.8. The fourth-order valence-corrected chi connectivity index (χ4v) is 6.01. The van der Waals surface area contributed by atoms with Gasteiger partial charge in [0.2, 0.25) is 5.91 Å². The van der Waals surface area contributed by atoms with Crippen LogP contribution in [-0.4, -0.2) is 18.5 Å². The largest absolute Gasteiger partial charge is 0.463 e. The first-order valence-electron chi connectivity index (χ1n) is 11.5. The summed E-state index contributed by atoms with van der Waals surface area (Å²) in [5.41, 5.74) is 2.53. The fraction of sp³-hybridized carbons (Fsp3) is 0.538. The van der Waals surface area contributed by atoms with Crippen molar-refractivity contribution in [3.8, 4) is 0 Å². The predicted octanol–water partition coefficient (Wildman–Crippen LogP) is 4.49. The number of esters is 1. The molecule has 5 atom stereocenters. The zero-order valence-electron chi connectivity index (χ0n) is 19.0. The maximum Gasteiger partial charge on any atom is 0.336 e. The number of hydrogen-bond donors (Lipinski definition) is 2. The van der Waals surface area contributed by atoms with Crippen molar-refractivity contribution in [1.82, 2.24) is 10.6 Å². The van der Waals surface area contributed by atoms with E-state index < -0.39 is 0 Å².